The number of hydrogen-bond acceptors (Lipinski definition) is 4. The van der Waals surface area contributed by atoms with E-state index in [0.29, 0.717) is 10.2 Å². The first-order chi connectivity index (χ1) is 7.78. The lowest BCUT2D eigenvalue weighted by Gasteiger charge is -2.19. The van der Waals surface area contributed by atoms with Crippen molar-refractivity contribution in [2.75, 3.05) is 0 Å². The molecule has 1 aromatic heterocycles. The quantitative estimate of drug-likeness (QED) is 0.881. The molecule has 0 aromatic carbocycles. The fourth-order valence-corrected chi connectivity index (χ4v) is 1.38. The lowest BCUT2D eigenvalue weighted by Crippen LogP contribution is -2.32. The molecular weight excluding hydrogens is 288 g/mol. The van der Waals surface area contributed by atoms with E-state index in [1.807, 2.05) is 0 Å². The number of hydrogen-bond donors (Lipinski definition) is 2. The molecule has 0 atom stereocenters. The second kappa shape index (κ2) is 5.35. The Morgan fingerprint density at radius 1 is 1.59 bits per heavy atom. The molecule has 1 heterocycles. The second-order valence-corrected chi connectivity index (χ2v) is 5.39. The van der Waals surface area contributed by atoms with Gasteiger partial charge in [-0.25, -0.2) is 4.79 Å². The van der Waals surface area contributed by atoms with Gasteiger partial charge in [0.05, 0.1) is 6.54 Å². The molecule has 1 amide bonds. The minimum absolute atomic E-state index is 0.0235. The maximum absolute atomic E-state index is 11.4. The fraction of sp³-hybridized carbons (Fsp3) is 0.455. The summed E-state index contributed by atoms with van der Waals surface area (Å²) in [4.78, 5) is 15.3. The van der Waals surface area contributed by atoms with Crippen molar-refractivity contribution in [1.29, 1.82) is 0 Å². The second-order valence-electron chi connectivity index (χ2n) is 4.47. The van der Waals surface area contributed by atoms with E-state index in [1.54, 1.807) is 27.0 Å². The van der Waals surface area contributed by atoms with Gasteiger partial charge in [-0.05, 0) is 42.8 Å². The molecule has 2 N–H and O–H groups in total. The third-order valence-electron chi connectivity index (χ3n) is 1.71. The van der Waals surface area contributed by atoms with Crippen LogP contribution in [0, 0.1) is 0 Å². The molecular formula is C11H15BrN2O3. The molecule has 0 aliphatic heterocycles. The van der Waals surface area contributed by atoms with Crippen molar-refractivity contribution < 1.29 is 14.6 Å². The lowest BCUT2D eigenvalue weighted by atomic mass is 10.2. The van der Waals surface area contributed by atoms with Crippen molar-refractivity contribution >= 4 is 22.0 Å². The van der Waals surface area contributed by atoms with Crippen LogP contribution in [-0.4, -0.2) is 21.8 Å². The summed E-state index contributed by atoms with van der Waals surface area (Å²) in [5.41, 5.74) is -0.154. The highest BCUT2D eigenvalue weighted by molar-refractivity contribution is 9.10. The number of aromatic hydroxyl groups is 1. The van der Waals surface area contributed by atoms with E-state index < -0.39 is 11.7 Å². The number of carbonyl (C=O) groups excluding carboxylic acids is 1. The molecule has 0 unspecified atom stereocenters. The summed E-state index contributed by atoms with van der Waals surface area (Å²) >= 11 is 3.18. The van der Waals surface area contributed by atoms with Gasteiger partial charge in [-0.15, -0.1) is 0 Å². The van der Waals surface area contributed by atoms with Gasteiger partial charge in [0.25, 0.3) is 0 Å². The lowest BCUT2D eigenvalue weighted by molar-refractivity contribution is 0.0522. The minimum atomic E-state index is -0.542. The summed E-state index contributed by atoms with van der Waals surface area (Å²) in [6, 6.07) is 1.51. The van der Waals surface area contributed by atoms with Gasteiger partial charge in [-0.2, -0.15) is 0 Å². The Morgan fingerprint density at radius 2 is 2.24 bits per heavy atom. The number of aromatic nitrogens is 1. The molecule has 1 aromatic rings. The van der Waals surface area contributed by atoms with Crippen molar-refractivity contribution in [3.05, 3.63) is 22.4 Å². The summed E-state index contributed by atoms with van der Waals surface area (Å²) in [5, 5.41) is 12.1. The zero-order valence-corrected chi connectivity index (χ0v) is 11.5. The molecule has 0 saturated carbocycles. The Kier molecular flexibility index (Phi) is 4.34. The van der Waals surface area contributed by atoms with Gasteiger partial charge in [-0.3, -0.25) is 4.98 Å². The van der Waals surface area contributed by atoms with Crippen LogP contribution in [0.2, 0.25) is 0 Å². The Labute approximate surface area is 108 Å². The molecule has 0 radical (unpaired) electrons. The van der Waals surface area contributed by atoms with Crippen molar-refractivity contribution in [2.45, 2.75) is 32.9 Å². The van der Waals surface area contributed by atoms with Crippen LogP contribution in [0.15, 0.2) is 16.7 Å². The molecule has 5 nitrogen and oxygen atoms in total. The highest BCUT2D eigenvalue weighted by Gasteiger charge is 2.16. The standard InChI is InChI=1S/C11H15BrN2O3/c1-11(2,3)17-10(16)14-6-8-9(15)4-7(12)5-13-8/h4-5,15H,6H2,1-3H3,(H,14,16). The molecule has 17 heavy (non-hydrogen) atoms. The van der Waals surface area contributed by atoms with E-state index in [-0.39, 0.29) is 12.3 Å². The normalized spacial score (nSPS) is 11.1. The van der Waals surface area contributed by atoms with E-state index in [9.17, 15) is 9.90 Å². The summed E-state index contributed by atoms with van der Waals surface area (Å²) in [5.74, 6) is 0.0235. The van der Waals surface area contributed by atoms with Gasteiger partial charge in [0, 0.05) is 10.7 Å². The van der Waals surface area contributed by atoms with Crippen LogP contribution < -0.4 is 5.32 Å². The number of alkyl carbamates (subject to hydrolysis) is 1. The molecule has 1 rings (SSSR count). The first-order valence-corrected chi connectivity index (χ1v) is 5.87. The summed E-state index contributed by atoms with van der Waals surface area (Å²) in [6.07, 6.45) is 1.01. The first kappa shape index (κ1) is 13.8. The van der Waals surface area contributed by atoms with Gasteiger partial charge >= 0.3 is 6.09 Å². The van der Waals surface area contributed by atoms with Crippen molar-refractivity contribution in [2.24, 2.45) is 0 Å². The van der Waals surface area contributed by atoms with Gasteiger partial charge in [0.2, 0.25) is 0 Å². The maximum Gasteiger partial charge on any atom is 0.407 e. The largest absolute Gasteiger partial charge is 0.506 e. The molecule has 0 aliphatic carbocycles. The topological polar surface area (TPSA) is 71.5 Å². The predicted octanol–water partition coefficient (Wildman–Crippen LogP) is 2.57. The number of nitrogens with one attached hydrogen (secondary N) is 1. The van der Waals surface area contributed by atoms with Gasteiger partial charge in [0.1, 0.15) is 17.0 Å². The smallest absolute Gasteiger partial charge is 0.407 e. The highest BCUT2D eigenvalue weighted by Crippen LogP contribution is 2.19. The van der Waals surface area contributed by atoms with Gasteiger partial charge in [0.15, 0.2) is 0 Å². The van der Waals surface area contributed by atoms with Crippen LogP contribution in [0.25, 0.3) is 0 Å². The fourth-order valence-electron chi connectivity index (χ4n) is 1.06. The maximum atomic E-state index is 11.4. The molecule has 0 spiro atoms. The monoisotopic (exact) mass is 302 g/mol. The van der Waals surface area contributed by atoms with Crippen molar-refractivity contribution in [3.8, 4) is 5.75 Å². The zero-order chi connectivity index (χ0) is 13.1. The van der Waals surface area contributed by atoms with Crippen LogP contribution in [-0.2, 0) is 11.3 Å². The Morgan fingerprint density at radius 3 is 2.76 bits per heavy atom. The van der Waals surface area contributed by atoms with Crippen LogP contribution in [0.5, 0.6) is 5.75 Å². The Hall–Kier alpha value is -1.30. The number of halogens is 1. The van der Waals surface area contributed by atoms with Crippen LogP contribution in [0.4, 0.5) is 4.79 Å². The average Bonchev–Trinajstić information content (AvgIpc) is 2.13. The number of rotatable bonds is 2. The third kappa shape index (κ3) is 5.04. The van der Waals surface area contributed by atoms with Gasteiger partial charge < -0.3 is 15.2 Å². The number of nitrogens with zero attached hydrogens (tertiary/aromatic N) is 1. The predicted molar refractivity (Wildman–Crippen MR) is 66.7 cm³/mol. The summed E-state index contributed by atoms with van der Waals surface area (Å²) in [6.45, 7) is 5.46. The number of carbonyl (C=O) groups is 1. The summed E-state index contributed by atoms with van der Waals surface area (Å²) in [7, 11) is 0. The Bertz CT molecular complexity index is 416. The molecule has 6 heteroatoms. The number of ether oxygens (including phenoxy) is 1. The average molecular weight is 303 g/mol. The van der Waals surface area contributed by atoms with Crippen LogP contribution in [0.1, 0.15) is 26.5 Å². The Balaban J connectivity index is 2.53. The van der Waals surface area contributed by atoms with E-state index in [0.717, 1.165) is 0 Å². The number of pyridine rings is 1. The molecule has 0 bridgehead atoms. The molecule has 0 saturated heterocycles. The third-order valence-corrected chi connectivity index (χ3v) is 2.15. The van der Waals surface area contributed by atoms with Crippen LogP contribution in [0.3, 0.4) is 0 Å². The molecule has 0 fully saturated rings. The highest BCUT2D eigenvalue weighted by atomic mass is 79.9. The van der Waals surface area contributed by atoms with E-state index in [4.69, 9.17) is 4.74 Å². The van der Waals surface area contributed by atoms with Gasteiger partial charge in [-0.1, -0.05) is 0 Å². The summed E-state index contributed by atoms with van der Waals surface area (Å²) < 4.78 is 5.73. The van der Waals surface area contributed by atoms with E-state index in [2.05, 4.69) is 26.2 Å². The SMILES string of the molecule is CC(C)(C)OC(=O)NCc1ncc(Br)cc1O. The van der Waals surface area contributed by atoms with Crippen LogP contribution >= 0.6 is 15.9 Å². The van der Waals surface area contributed by atoms with E-state index >= 15 is 0 Å². The number of amides is 1. The van der Waals surface area contributed by atoms with Crippen molar-refractivity contribution in [1.82, 2.24) is 10.3 Å². The van der Waals surface area contributed by atoms with Crippen molar-refractivity contribution in [3.63, 3.8) is 0 Å². The first-order valence-electron chi connectivity index (χ1n) is 5.08. The molecule has 0 aliphatic rings. The minimum Gasteiger partial charge on any atom is -0.506 e. The van der Waals surface area contributed by atoms with E-state index in [1.165, 1.54) is 6.07 Å². The molecule has 94 valence electrons. The zero-order valence-electron chi connectivity index (χ0n) is 9.95.